The van der Waals surface area contributed by atoms with E-state index in [-0.39, 0.29) is 10.6 Å². The first kappa shape index (κ1) is 13.1. The zero-order valence-electron chi connectivity index (χ0n) is 10.1. The maximum atomic E-state index is 12.2. The average molecular weight is 272 g/mol. The number of hydroxylamine groups is 1. The Morgan fingerprint density at radius 1 is 1.39 bits per heavy atom. The van der Waals surface area contributed by atoms with Gasteiger partial charge in [-0.25, -0.2) is 8.42 Å². The van der Waals surface area contributed by atoms with Gasteiger partial charge in [0.1, 0.15) is 5.75 Å². The van der Waals surface area contributed by atoms with E-state index in [1.54, 1.807) is 0 Å². The van der Waals surface area contributed by atoms with E-state index >= 15 is 0 Å². The van der Waals surface area contributed by atoms with E-state index in [0.717, 1.165) is 17.3 Å². The fourth-order valence-corrected chi connectivity index (χ4v) is 3.09. The van der Waals surface area contributed by atoms with E-state index in [9.17, 15) is 8.42 Å². The summed E-state index contributed by atoms with van der Waals surface area (Å²) in [4.78, 5) is 5.28. The van der Waals surface area contributed by atoms with Crippen LogP contribution in [0.5, 0.6) is 5.75 Å². The van der Waals surface area contributed by atoms with Crippen molar-refractivity contribution in [3.8, 4) is 5.75 Å². The van der Waals surface area contributed by atoms with Crippen LogP contribution in [0.25, 0.3) is 0 Å². The third-order valence-electron chi connectivity index (χ3n) is 2.74. The molecular formula is C11H16N2O4S. The molecule has 7 heteroatoms. The van der Waals surface area contributed by atoms with Crippen molar-refractivity contribution in [2.75, 3.05) is 26.0 Å². The fourth-order valence-electron chi connectivity index (χ4n) is 1.75. The number of ether oxygens (including phenoxy) is 1. The summed E-state index contributed by atoms with van der Waals surface area (Å²) < 4.78 is 30.5. The second kappa shape index (κ2) is 5.13. The molecule has 1 aliphatic rings. The van der Waals surface area contributed by atoms with Gasteiger partial charge in [-0.1, -0.05) is 4.47 Å². The Hall–Kier alpha value is -1.31. The Morgan fingerprint density at radius 2 is 2.17 bits per heavy atom. The molecule has 0 bridgehead atoms. The molecule has 0 amide bonds. The van der Waals surface area contributed by atoms with Crippen molar-refractivity contribution in [1.29, 1.82) is 0 Å². The molecule has 0 spiro atoms. The molecule has 0 radical (unpaired) electrons. The lowest BCUT2D eigenvalue weighted by molar-refractivity contribution is -0.108. The molecule has 0 aliphatic carbocycles. The summed E-state index contributed by atoms with van der Waals surface area (Å²) in [5.41, 5.74) is 6.00. The van der Waals surface area contributed by atoms with Crippen LogP contribution in [0.3, 0.4) is 0 Å². The van der Waals surface area contributed by atoms with E-state index in [4.69, 9.17) is 15.3 Å². The smallest absolute Gasteiger partial charge is 0.265 e. The van der Waals surface area contributed by atoms with Gasteiger partial charge >= 0.3 is 0 Å². The Bertz CT molecular complexity index is 524. The summed E-state index contributed by atoms with van der Waals surface area (Å²) in [7, 11) is -2.15. The number of benzene rings is 1. The highest BCUT2D eigenvalue weighted by Crippen LogP contribution is 2.27. The SMILES string of the molecule is COc1ccc(S(=O)(=O)N2CCCCO2)cc1N. The van der Waals surface area contributed by atoms with Crippen LogP contribution in [0, 0.1) is 0 Å². The van der Waals surface area contributed by atoms with Crippen molar-refractivity contribution in [3.05, 3.63) is 18.2 Å². The fraction of sp³-hybridized carbons (Fsp3) is 0.455. The Morgan fingerprint density at radius 3 is 2.72 bits per heavy atom. The molecule has 0 unspecified atom stereocenters. The molecule has 2 rings (SSSR count). The highest BCUT2D eigenvalue weighted by atomic mass is 32.2. The molecule has 18 heavy (non-hydrogen) atoms. The van der Waals surface area contributed by atoms with Crippen molar-refractivity contribution in [3.63, 3.8) is 0 Å². The molecule has 1 aliphatic heterocycles. The second-order valence-corrected chi connectivity index (χ2v) is 5.80. The van der Waals surface area contributed by atoms with Crippen LogP contribution < -0.4 is 10.5 Å². The lowest BCUT2D eigenvalue weighted by Crippen LogP contribution is -2.35. The first-order valence-corrected chi connectivity index (χ1v) is 7.09. The Balaban J connectivity index is 2.32. The Kier molecular flexibility index (Phi) is 3.74. The van der Waals surface area contributed by atoms with Crippen LogP contribution in [-0.2, 0) is 14.9 Å². The zero-order valence-corrected chi connectivity index (χ0v) is 10.9. The van der Waals surface area contributed by atoms with Crippen LogP contribution in [0.2, 0.25) is 0 Å². The molecular weight excluding hydrogens is 256 g/mol. The number of hydrogen-bond donors (Lipinski definition) is 1. The molecule has 0 atom stereocenters. The Labute approximate surface area is 106 Å². The van der Waals surface area contributed by atoms with Crippen molar-refractivity contribution < 1.29 is 18.0 Å². The molecule has 100 valence electrons. The molecule has 2 N–H and O–H groups in total. The summed E-state index contributed by atoms with van der Waals surface area (Å²) in [6.07, 6.45) is 1.67. The number of anilines is 1. The van der Waals surface area contributed by atoms with Crippen molar-refractivity contribution in [2.45, 2.75) is 17.7 Å². The van der Waals surface area contributed by atoms with Gasteiger partial charge in [-0.15, -0.1) is 0 Å². The van der Waals surface area contributed by atoms with Crippen LogP contribution in [0.1, 0.15) is 12.8 Å². The molecule has 6 nitrogen and oxygen atoms in total. The topological polar surface area (TPSA) is 81.9 Å². The van der Waals surface area contributed by atoms with Gasteiger partial charge in [-0.2, -0.15) is 0 Å². The molecule has 0 saturated carbocycles. The normalized spacial score (nSPS) is 17.6. The number of hydrogen-bond acceptors (Lipinski definition) is 5. The average Bonchev–Trinajstić information content (AvgIpc) is 2.39. The first-order valence-electron chi connectivity index (χ1n) is 5.65. The molecule has 1 aromatic rings. The first-order chi connectivity index (χ1) is 8.55. The molecule has 1 saturated heterocycles. The van der Waals surface area contributed by atoms with Crippen LogP contribution in [0.15, 0.2) is 23.1 Å². The minimum atomic E-state index is -3.63. The van der Waals surface area contributed by atoms with Crippen LogP contribution >= 0.6 is 0 Å². The summed E-state index contributed by atoms with van der Waals surface area (Å²) >= 11 is 0. The largest absolute Gasteiger partial charge is 0.495 e. The summed E-state index contributed by atoms with van der Waals surface area (Å²) in [5, 5.41) is 0. The van der Waals surface area contributed by atoms with Gasteiger partial charge in [0.25, 0.3) is 10.0 Å². The number of nitrogen functional groups attached to an aromatic ring is 1. The molecule has 1 heterocycles. The predicted molar refractivity (Wildman–Crippen MR) is 66.5 cm³/mol. The third-order valence-corrected chi connectivity index (χ3v) is 4.41. The summed E-state index contributed by atoms with van der Waals surface area (Å²) in [5.74, 6) is 0.452. The van der Waals surface area contributed by atoms with Crippen molar-refractivity contribution >= 4 is 15.7 Å². The lowest BCUT2D eigenvalue weighted by Gasteiger charge is -2.25. The van der Waals surface area contributed by atoms with Gasteiger partial charge in [0.05, 0.1) is 24.3 Å². The number of methoxy groups -OCH3 is 1. The number of nitrogens with two attached hydrogens (primary N) is 1. The van der Waals surface area contributed by atoms with Gasteiger partial charge in [-0.3, -0.25) is 4.84 Å². The maximum Gasteiger partial charge on any atom is 0.265 e. The highest BCUT2D eigenvalue weighted by molar-refractivity contribution is 7.89. The molecule has 1 aromatic carbocycles. The third kappa shape index (κ3) is 2.43. The quantitative estimate of drug-likeness (QED) is 0.830. The van der Waals surface area contributed by atoms with Crippen LogP contribution in [0.4, 0.5) is 5.69 Å². The predicted octanol–water partition coefficient (Wildman–Crippen LogP) is 0.994. The standard InChI is InChI=1S/C11H16N2O4S/c1-16-11-5-4-9(8-10(11)12)18(14,15)13-6-2-3-7-17-13/h4-5,8H,2-3,6-7,12H2,1H3. The van der Waals surface area contributed by atoms with E-state index in [2.05, 4.69) is 0 Å². The minimum absolute atomic E-state index is 0.114. The lowest BCUT2D eigenvalue weighted by atomic mass is 10.3. The van der Waals surface area contributed by atoms with Gasteiger partial charge < -0.3 is 10.5 Å². The molecule has 0 aromatic heterocycles. The monoisotopic (exact) mass is 272 g/mol. The number of nitrogens with zero attached hydrogens (tertiary/aromatic N) is 1. The van der Waals surface area contributed by atoms with Crippen molar-refractivity contribution in [1.82, 2.24) is 4.47 Å². The van der Waals surface area contributed by atoms with E-state index in [1.165, 1.54) is 25.3 Å². The van der Waals surface area contributed by atoms with E-state index in [0.29, 0.717) is 18.9 Å². The second-order valence-electron chi connectivity index (χ2n) is 3.98. The number of sulfonamides is 1. The number of rotatable bonds is 3. The van der Waals surface area contributed by atoms with E-state index in [1.807, 2.05) is 0 Å². The zero-order chi connectivity index (χ0) is 13.2. The maximum absolute atomic E-state index is 12.2. The van der Waals surface area contributed by atoms with Gasteiger partial charge in [0.15, 0.2) is 0 Å². The van der Waals surface area contributed by atoms with Gasteiger partial charge in [-0.05, 0) is 31.0 Å². The van der Waals surface area contributed by atoms with Gasteiger partial charge in [0.2, 0.25) is 0 Å². The van der Waals surface area contributed by atoms with Crippen LogP contribution in [-0.4, -0.2) is 33.1 Å². The van der Waals surface area contributed by atoms with Gasteiger partial charge in [0, 0.05) is 6.54 Å². The summed E-state index contributed by atoms with van der Waals surface area (Å²) in [6.45, 7) is 0.791. The highest BCUT2D eigenvalue weighted by Gasteiger charge is 2.27. The summed E-state index contributed by atoms with van der Waals surface area (Å²) in [6, 6.07) is 4.38. The minimum Gasteiger partial charge on any atom is -0.495 e. The molecule has 1 fully saturated rings. The van der Waals surface area contributed by atoms with Crippen molar-refractivity contribution in [2.24, 2.45) is 0 Å². The van der Waals surface area contributed by atoms with E-state index < -0.39 is 10.0 Å².